The first-order valence-electron chi connectivity index (χ1n) is 8.06. The van der Waals surface area contributed by atoms with Crippen LogP contribution in [0.4, 0.5) is 28.7 Å². The van der Waals surface area contributed by atoms with Crippen molar-refractivity contribution in [2.45, 2.75) is 20.3 Å². The Morgan fingerprint density at radius 2 is 1.68 bits per heavy atom. The van der Waals surface area contributed by atoms with Gasteiger partial charge >= 0.3 is 0 Å². The maximum atomic E-state index is 6.24. The average molecular weight is 354 g/mol. The van der Waals surface area contributed by atoms with Crippen LogP contribution in [0, 0.1) is 6.92 Å². The fraction of sp³-hybridized carbons (Fsp3) is 0.158. The number of halogens is 1. The van der Waals surface area contributed by atoms with Crippen LogP contribution in [-0.2, 0) is 6.42 Å². The number of benzene rings is 2. The van der Waals surface area contributed by atoms with Crippen LogP contribution in [0.15, 0.2) is 48.8 Å². The van der Waals surface area contributed by atoms with E-state index in [4.69, 9.17) is 17.3 Å². The molecule has 3 rings (SSSR count). The lowest BCUT2D eigenvalue weighted by Gasteiger charge is -2.14. The Balaban J connectivity index is 1.83. The second kappa shape index (κ2) is 7.40. The fourth-order valence-electron chi connectivity index (χ4n) is 2.45. The van der Waals surface area contributed by atoms with Crippen LogP contribution >= 0.6 is 11.6 Å². The summed E-state index contributed by atoms with van der Waals surface area (Å²) in [6.07, 6.45) is 2.48. The third-order valence-corrected chi connectivity index (χ3v) is 4.19. The topological polar surface area (TPSA) is 75.9 Å². The van der Waals surface area contributed by atoms with Gasteiger partial charge in [-0.05, 0) is 54.8 Å². The minimum absolute atomic E-state index is 0.455. The second-order valence-corrected chi connectivity index (χ2v) is 6.18. The summed E-state index contributed by atoms with van der Waals surface area (Å²) < 4.78 is 0. The Labute approximate surface area is 152 Å². The molecule has 0 atom stereocenters. The van der Waals surface area contributed by atoms with Crippen LogP contribution in [0.2, 0.25) is 5.02 Å². The molecule has 0 fully saturated rings. The molecule has 25 heavy (non-hydrogen) atoms. The standard InChI is InChI=1S/C19H20ClN5/c1-3-13-4-7-15(8-5-13)24-18-17(21)19(23-11-22-18)25-16-9-6-14(20)10-12(16)2/h4-11H,3,21H2,1-2H3,(H2,22,23,24,25). The summed E-state index contributed by atoms with van der Waals surface area (Å²) in [7, 11) is 0. The van der Waals surface area contributed by atoms with Gasteiger partial charge in [0.2, 0.25) is 0 Å². The lowest BCUT2D eigenvalue weighted by atomic mass is 10.1. The Hall–Kier alpha value is -2.79. The van der Waals surface area contributed by atoms with Crippen LogP contribution < -0.4 is 16.4 Å². The van der Waals surface area contributed by atoms with Gasteiger partial charge in [-0.1, -0.05) is 30.7 Å². The molecule has 0 aliphatic carbocycles. The molecular formula is C19H20ClN5. The average Bonchev–Trinajstić information content (AvgIpc) is 2.61. The molecule has 6 heteroatoms. The number of nitrogens with one attached hydrogen (secondary N) is 2. The van der Waals surface area contributed by atoms with Gasteiger partial charge in [0.15, 0.2) is 11.6 Å². The molecule has 0 spiro atoms. The number of nitrogens with two attached hydrogens (primary N) is 1. The summed E-state index contributed by atoms with van der Waals surface area (Å²) in [6, 6.07) is 13.8. The van der Waals surface area contributed by atoms with E-state index < -0.39 is 0 Å². The highest BCUT2D eigenvalue weighted by Gasteiger charge is 2.10. The molecule has 0 aliphatic heterocycles. The quantitative estimate of drug-likeness (QED) is 0.597. The summed E-state index contributed by atoms with van der Waals surface area (Å²) >= 11 is 6.00. The van der Waals surface area contributed by atoms with Crippen molar-refractivity contribution in [2.24, 2.45) is 0 Å². The number of hydrogen-bond donors (Lipinski definition) is 3. The van der Waals surface area contributed by atoms with Crippen LogP contribution in [0.25, 0.3) is 0 Å². The molecule has 4 N–H and O–H groups in total. The van der Waals surface area contributed by atoms with Crippen molar-refractivity contribution < 1.29 is 0 Å². The van der Waals surface area contributed by atoms with Crippen molar-refractivity contribution in [2.75, 3.05) is 16.4 Å². The normalized spacial score (nSPS) is 10.5. The molecule has 1 aromatic heterocycles. The maximum absolute atomic E-state index is 6.24. The smallest absolute Gasteiger partial charge is 0.159 e. The third kappa shape index (κ3) is 4.00. The summed E-state index contributed by atoms with van der Waals surface area (Å²) in [5.41, 5.74) is 10.8. The van der Waals surface area contributed by atoms with Crippen molar-refractivity contribution in [3.05, 3.63) is 64.9 Å². The second-order valence-electron chi connectivity index (χ2n) is 5.74. The zero-order valence-electron chi connectivity index (χ0n) is 14.2. The van der Waals surface area contributed by atoms with E-state index in [0.717, 1.165) is 23.4 Å². The number of aryl methyl sites for hydroxylation is 2. The highest BCUT2D eigenvalue weighted by molar-refractivity contribution is 6.30. The first kappa shape index (κ1) is 17.0. The lowest BCUT2D eigenvalue weighted by Crippen LogP contribution is -2.05. The van der Waals surface area contributed by atoms with Crippen LogP contribution in [0.3, 0.4) is 0 Å². The Bertz CT molecular complexity index is 877. The van der Waals surface area contributed by atoms with Gasteiger partial charge in [-0.15, -0.1) is 0 Å². The molecule has 2 aromatic carbocycles. The molecule has 0 unspecified atom stereocenters. The minimum Gasteiger partial charge on any atom is -0.393 e. The van der Waals surface area contributed by atoms with Crippen LogP contribution in [0.5, 0.6) is 0 Å². The molecule has 0 bridgehead atoms. The first-order chi connectivity index (χ1) is 12.1. The number of rotatable bonds is 5. The van der Waals surface area contributed by atoms with E-state index in [9.17, 15) is 0 Å². The summed E-state index contributed by atoms with van der Waals surface area (Å²) in [5.74, 6) is 1.11. The Kier molecular flexibility index (Phi) is 5.05. The van der Waals surface area contributed by atoms with E-state index in [1.807, 2.05) is 37.3 Å². The molecule has 5 nitrogen and oxygen atoms in total. The van der Waals surface area contributed by atoms with Gasteiger partial charge in [-0.25, -0.2) is 9.97 Å². The number of hydrogen-bond acceptors (Lipinski definition) is 5. The molecule has 3 aromatic rings. The SMILES string of the molecule is CCc1ccc(Nc2ncnc(Nc3ccc(Cl)cc3C)c2N)cc1. The number of aromatic nitrogens is 2. The van der Waals surface area contributed by atoms with E-state index in [2.05, 4.69) is 39.7 Å². The highest BCUT2D eigenvalue weighted by Crippen LogP contribution is 2.30. The van der Waals surface area contributed by atoms with Gasteiger partial charge in [-0.2, -0.15) is 0 Å². The zero-order valence-corrected chi connectivity index (χ0v) is 14.9. The first-order valence-corrected chi connectivity index (χ1v) is 8.44. The summed E-state index contributed by atoms with van der Waals surface area (Å²) in [4.78, 5) is 8.49. The number of anilines is 5. The maximum Gasteiger partial charge on any atom is 0.159 e. The molecule has 0 amide bonds. The van der Waals surface area contributed by atoms with Crippen molar-refractivity contribution in [1.29, 1.82) is 0 Å². The van der Waals surface area contributed by atoms with E-state index in [1.165, 1.54) is 11.9 Å². The largest absolute Gasteiger partial charge is 0.393 e. The van der Waals surface area contributed by atoms with Crippen molar-refractivity contribution in [3.8, 4) is 0 Å². The highest BCUT2D eigenvalue weighted by atomic mass is 35.5. The van der Waals surface area contributed by atoms with Gasteiger partial charge in [-0.3, -0.25) is 0 Å². The van der Waals surface area contributed by atoms with Gasteiger partial charge in [0.05, 0.1) is 0 Å². The minimum atomic E-state index is 0.455. The molecule has 1 heterocycles. The van der Waals surface area contributed by atoms with Crippen LogP contribution in [0.1, 0.15) is 18.1 Å². The molecule has 0 radical (unpaired) electrons. The summed E-state index contributed by atoms with van der Waals surface area (Å²) in [5, 5.41) is 7.16. The number of nitrogen functional groups attached to an aromatic ring is 1. The van der Waals surface area contributed by atoms with Crippen molar-refractivity contribution in [3.63, 3.8) is 0 Å². The predicted octanol–water partition coefficient (Wildman–Crippen LogP) is 5.07. The Morgan fingerprint density at radius 3 is 2.32 bits per heavy atom. The molecule has 0 saturated heterocycles. The molecule has 0 aliphatic rings. The zero-order chi connectivity index (χ0) is 17.8. The third-order valence-electron chi connectivity index (χ3n) is 3.95. The van der Waals surface area contributed by atoms with Gasteiger partial charge in [0, 0.05) is 16.4 Å². The van der Waals surface area contributed by atoms with E-state index >= 15 is 0 Å². The predicted molar refractivity (Wildman–Crippen MR) is 105 cm³/mol. The molecule has 128 valence electrons. The fourth-order valence-corrected chi connectivity index (χ4v) is 2.68. The molecule has 0 saturated carbocycles. The van der Waals surface area contributed by atoms with Gasteiger partial charge in [0.1, 0.15) is 12.0 Å². The molecular weight excluding hydrogens is 334 g/mol. The van der Waals surface area contributed by atoms with E-state index in [0.29, 0.717) is 22.3 Å². The van der Waals surface area contributed by atoms with Crippen LogP contribution in [-0.4, -0.2) is 9.97 Å². The summed E-state index contributed by atoms with van der Waals surface area (Å²) in [6.45, 7) is 4.10. The van der Waals surface area contributed by atoms with Gasteiger partial charge in [0.25, 0.3) is 0 Å². The van der Waals surface area contributed by atoms with Gasteiger partial charge < -0.3 is 16.4 Å². The lowest BCUT2D eigenvalue weighted by molar-refractivity contribution is 1.14. The number of nitrogens with zero attached hydrogens (tertiary/aromatic N) is 2. The van der Waals surface area contributed by atoms with Crippen molar-refractivity contribution >= 4 is 40.3 Å². The Morgan fingerprint density at radius 1 is 1.00 bits per heavy atom. The monoisotopic (exact) mass is 353 g/mol. The van der Waals surface area contributed by atoms with Crippen molar-refractivity contribution in [1.82, 2.24) is 9.97 Å². The van der Waals surface area contributed by atoms with E-state index in [-0.39, 0.29) is 0 Å². The van der Waals surface area contributed by atoms with E-state index in [1.54, 1.807) is 0 Å².